The van der Waals surface area contributed by atoms with E-state index in [2.05, 4.69) is 5.32 Å². The molecule has 118 valence electrons. The monoisotopic (exact) mass is 310 g/mol. The lowest BCUT2D eigenvalue weighted by molar-refractivity contribution is 0.0980. The molecule has 23 heavy (non-hydrogen) atoms. The number of Topliss-reactive ketones (excluding diaryl/α,β-unsaturated/α-hetero) is 1. The van der Waals surface area contributed by atoms with Crippen molar-refractivity contribution >= 4 is 17.5 Å². The Morgan fingerprint density at radius 1 is 1.17 bits per heavy atom. The molecule has 0 unspecified atom stereocenters. The fourth-order valence-electron chi connectivity index (χ4n) is 2.72. The number of hydrogen-bond acceptors (Lipinski definition) is 3. The Bertz CT molecular complexity index is 728. The number of ether oxygens (including phenoxy) is 1. The molecular formula is C18H18N2O3. The van der Waals surface area contributed by atoms with E-state index in [1.54, 1.807) is 23.1 Å². The molecule has 1 heterocycles. The molecule has 2 aromatic carbocycles. The second-order valence-corrected chi connectivity index (χ2v) is 5.33. The van der Waals surface area contributed by atoms with Crippen LogP contribution in [0.2, 0.25) is 0 Å². The molecule has 0 spiro atoms. The van der Waals surface area contributed by atoms with Crippen LogP contribution in [-0.4, -0.2) is 25.5 Å². The molecule has 5 heteroatoms. The molecule has 2 amide bonds. The van der Waals surface area contributed by atoms with Gasteiger partial charge >= 0.3 is 6.03 Å². The van der Waals surface area contributed by atoms with Crippen molar-refractivity contribution in [3.63, 3.8) is 0 Å². The van der Waals surface area contributed by atoms with Gasteiger partial charge < -0.3 is 10.1 Å². The predicted molar refractivity (Wildman–Crippen MR) is 88.0 cm³/mol. The van der Waals surface area contributed by atoms with E-state index >= 15 is 0 Å². The van der Waals surface area contributed by atoms with Gasteiger partial charge in [0, 0.05) is 25.1 Å². The number of carbonyl (C=O) groups excluding carboxylic acids is 2. The first kappa shape index (κ1) is 15.1. The van der Waals surface area contributed by atoms with Crippen molar-refractivity contribution in [2.75, 3.05) is 18.6 Å². The second-order valence-electron chi connectivity index (χ2n) is 5.33. The quantitative estimate of drug-likeness (QED) is 0.948. The van der Waals surface area contributed by atoms with Gasteiger partial charge in [0.15, 0.2) is 5.78 Å². The number of urea groups is 1. The maximum Gasteiger partial charge on any atom is 0.322 e. The van der Waals surface area contributed by atoms with Crippen molar-refractivity contribution in [3.05, 3.63) is 59.7 Å². The number of anilines is 1. The minimum absolute atomic E-state index is 0.0333. The molecule has 2 aromatic rings. The van der Waals surface area contributed by atoms with Gasteiger partial charge in [-0.1, -0.05) is 36.4 Å². The number of amides is 2. The van der Waals surface area contributed by atoms with Crippen LogP contribution in [0.1, 0.15) is 22.3 Å². The molecular weight excluding hydrogens is 292 g/mol. The summed E-state index contributed by atoms with van der Waals surface area (Å²) in [7, 11) is 1.54. The molecule has 0 fully saturated rings. The molecule has 0 atom stereocenters. The number of fused-ring (bicyclic) bond motifs is 1. The molecule has 0 bridgehead atoms. The molecule has 0 saturated heterocycles. The highest BCUT2D eigenvalue weighted by atomic mass is 16.5. The first-order chi connectivity index (χ1) is 11.2. The maximum absolute atomic E-state index is 12.6. The third-order valence-corrected chi connectivity index (χ3v) is 3.88. The molecule has 1 aliphatic rings. The number of benzene rings is 2. The van der Waals surface area contributed by atoms with Crippen LogP contribution in [0.3, 0.4) is 0 Å². The van der Waals surface area contributed by atoms with Gasteiger partial charge in [-0.3, -0.25) is 9.69 Å². The summed E-state index contributed by atoms with van der Waals surface area (Å²) < 4.78 is 5.33. The largest absolute Gasteiger partial charge is 0.495 e. The molecule has 3 rings (SSSR count). The first-order valence-corrected chi connectivity index (χ1v) is 7.50. The lowest BCUT2D eigenvalue weighted by atomic mass is 10.00. The Hall–Kier alpha value is -2.82. The van der Waals surface area contributed by atoms with Crippen LogP contribution in [-0.2, 0) is 6.54 Å². The number of rotatable bonds is 3. The van der Waals surface area contributed by atoms with Gasteiger partial charge in [0.05, 0.1) is 12.8 Å². The van der Waals surface area contributed by atoms with E-state index in [1.165, 1.54) is 7.11 Å². The zero-order chi connectivity index (χ0) is 16.2. The minimum Gasteiger partial charge on any atom is -0.495 e. The second kappa shape index (κ2) is 6.52. The molecule has 0 saturated carbocycles. The van der Waals surface area contributed by atoms with Crippen LogP contribution in [0.25, 0.3) is 0 Å². The number of nitrogens with one attached hydrogen (secondary N) is 1. The van der Waals surface area contributed by atoms with Gasteiger partial charge in [0.25, 0.3) is 0 Å². The summed E-state index contributed by atoms with van der Waals surface area (Å²) in [4.78, 5) is 26.2. The Morgan fingerprint density at radius 3 is 2.70 bits per heavy atom. The van der Waals surface area contributed by atoms with Gasteiger partial charge in [0.1, 0.15) is 5.75 Å². The summed E-state index contributed by atoms with van der Waals surface area (Å²) in [6.07, 6.45) is 0.318. The van der Waals surface area contributed by atoms with Crippen LogP contribution in [0, 0.1) is 0 Å². The van der Waals surface area contributed by atoms with Gasteiger partial charge in [-0.05, 0) is 17.7 Å². The van der Waals surface area contributed by atoms with Crippen molar-refractivity contribution in [1.29, 1.82) is 0 Å². The molecule has 1 aliphatic heterocycles. The summed E-state index contributed by atoms with van der Waals surface area (Å²) in [6.45, 7) is 0.793. The Labute approximate surface area is 134 Å². The number of carbonyl (C=O) groups is 2. The maximum atomic E-state index is 12.6. The third kappa shape index (κ3) is 3.04. The van der Waals surface area contributed by atoms with Crippen molar-refractivity contribution in [3.8, 4) is 5.75 Å². The van der Waals surface area contributed by atoms with E-state index < -0.39 is 0 Å². The fraction of sp³-hybridized carbons (Fsp3) is 0.222. The number of nitrogens with zero attached hydrogens (tertiary/aromatic N) is 1. The minimum atomic E-state index is -0.230. The number of ketones is 1. The zero-order valence-corrected chi connectivity index (χ0v) is 12.9. The smallest absolute Gasteiger partial charge is 0.322 e. The molecule has 0 aliphatic carbocycles. The number of para-hydroxylation sites is 1. The highest BCUT2D eigenvalue weighted by molar-refractivity contribution is 6.09. The molecule has 0 radical (unpaired) electrons. The van der Waals surface area contributed by atoms with E-state index in [4.69, 9.17) is 4.74 Å². The van der Waals surface area contributed by atoms with Gasteiger partial charge in [0.2, 0.25) is 0 Å². The summed E-state index contributed by atoms with van der Waals surface area (Å²) in [5.74, 6) is 0.566. The SMILES string of the molecule is COc1cccc2c1N(C(=O)NCc1ccccc1)CCC2=O. The third-order valence-electron chi connectivity index (χ3n) is 3.88. The van der Waals surface area contributed by atoms with Crippen molar-refractivity contribution < 1.29 is 14.3 Å². The first-order valence-electron chi connectivity index (χ1n) is 7.50. The highest BCUT2D eigenvalue weighted by Gasteiger charge is 2.30. The van der Waals surface area contributed by atoms with Crippen LogP contribution >= 0.6 is 0 Å². The number of hydrogen-bond donors (Lipinski definition) is 1. The van der Waals surface area contributed by atoms with Gasteiger partial charge in [-0.15, -0.1) is 0 Å². The Balaban J connectivity index is 1.82. The fourth-order valence-corrected chi connectivity index (χ4v) is 2.72. The van der Waals surface area contributed by atoms with Gasteiger partial charge in [-0.2, -0.15) is 0 Å². The normalized spacial score (nSPS) is 13.4. The average molecular weight is 310 g/mol. The standard InChI is InChI=1S/C18H18N2O3/c1-23-16-9-5-8-14-15(21)10-11-20(17(14)16)18(22)19-12-13-6-3-2-4-7-13/h2-9H,10-12H2,1H3,(H,19,22). The highest BCUT2D eigenvalue weighted by Crippen LogP contribution is 2.36. The number of methoxy groups -OCH3 is 1. The van der Waals surface area contributed by atoms with Crippen molar-refractivity contribution in [2.45, 2.75) is 13.0 Å². The Kier molecular flexibility index (Phi) is 4.28. The lowest BCUT2D eigenvalue weighted by Gasteiger charge is -2.30. The summed E-state index contributed by atoms with van der Waals surface area (Å²) >= 11 is 0. The average Bonchev–Trinajstić information content (AvgIpc) is 2.60. The lowest BCUT2D eigenvalue weighted by Crippen LogP contribution is -2.43. The van der Waals surface area contributed by atoms with E-state index in [0.717, 1.165) is 5.56 Å². The topological polar surface area (TPSA) is 58.6 Å². The molecule has 5 nitrogen and oxygen atoms in total. The van der Waals surface area contributed by atoms with Crippen LogP contribution in [0.5, 0.6) is 5.75 Å². The van der Waals surface area contributed by atoms with Crippen molar-refractivity contribution in [1.82, 2.24) is 5.32 Å². The summed E-state index contributed by atoms with van der Waals surface area (Å²) in [5, 5.41) is 2.90. The van der Waals surface area contributed by atoms with Gasteiger partial charge in [-0.25, -0.2) is 4.79 Å². The summed E-state index contributed by atoms with van der Waals surface area (Å²) in [6, 6.07) is 14.7. The summed E-state index contributed by atoms with van der Waals surface area (Å²) in [5.41, 5.74) is 2.11. The van der Waals surface area contributed by atoms with E-state index in [1.807, 2.05) is 30.3 Å². The van der Waals surface area contributed by atoms with E-state index in [0.29, 0.717) is 36.5 Å². The van der Waals surface area contributed by atoms with Crippen LogP contribution < -0.4 is 15.0 Å². The zero-order valence-electron chi connectivity index (χ0n) is 12.9. The molecule has 0 aromatic heterocycles. The van der Waals surface area contributed by atoms with E-state index in [-0.39, 0.29) is 11.8 Å². The van der Waals surface area contributed by atoms with Crippen molar-refractivity contribution in [2.24, 2.45) is 0 Å². The van der Waals surface area contributed by atoms with Crippen LogP contribution in [0.15, 0.2) is 48.5 Å². The molecule has 1 N–H and O–H groups in total. The Morgan fingerprint density at radius 2 is 1.96 bits per heavy atom. The predicted octanol–water partition coefficient (Wildman–Crippen LogP) is 3.00. The van der Waals surface area contributed by atoms with E-state index in [9.17, 15) is 9.59 Å². The van der Waals surface area contributed by atoms with Crippen LogP contribution in [0.4, 0.5) is 10.5 Å².